The number of rotatable bonds is 4. The van der Waals surface area contributed by atoms with Gasteiger partial charge in [-0.3, -0.25) is 4.79 Å². The number of carbonyl (C=O) groups is 1. The Kier molecular flexibility index (Phi) is 4.20. The number of nitrogens with one attached hydrogen (secondary N) is 1. The van der Waals surface area contributed by atoms with Gasteiger partial charge in [0.15, 0.2) is 0 Å². The van der Waals surface area contributed by atoms with Gasteiger partial charge < -0.3 is 14.3 Å². The Morgan fingerprint density at radius 1 is 1.25 bits per heavy atom. The molecule has 6 heteroatoms. The zero-order valence-electron chi connectivity index (χ0n) is 13.4. The normalized spacial score (nSPS) is 11.0. The Labute approximate surface area is 137 Å². The van der Waals surface area contributed by atoms with Gasteiger partial charge in [0.2, 0.25) is 5.56 Å². The molecule has 3 rings (SSSR count). The fourth-order valence-corrected chi connectivity index (χ4v) is 2.70. The van der Waals surface area contributed by atoms with Gasteiger partial charge >= 0.3 is 5.97 Å². The number of aromatic amines is 1. The van der Waals surface area contributed by atoms with Crippen LogP contribution in [0.15, 0.2) is 41.2 Å². The summed E-state index contributed by atoms with van der Waals surface area (Å²) in [4.78, 5) is 26.5. The quantitative estimate of drug-likeness (QED) is 0.749. The zero-order valence-corrected chi connectivity index (χ0v) is 13.4. The highest BCUT2D eigenvalue weighted by Gasteiger charge is 2.17. The number of pyridine rings is 1. The molecule has 0 bridgehead atoms. The molecule has 0 radical (unpaired) electrons. The van der Waals surface area contributed by atoms with E-state index in [-0.39, 0.29) is 18.0 Å². The first-order valence-electron chi connectivity index (χ1n) is 7.64. The van der Waals surface area contributed by atoms with Gasteiger partial charge in [-0.05, 0) is 43.2 Å². The number of fused-ring (bicyclic) bond motifs is 1. The van der Waals surface area contributed by atoms with Crippen molar-refractivity contribution in [3.05, 3.63) is 69.4 Å². The van der Waals surface area contributed by atoms with E-state index in [0.717, 1.165) is 5.56 Å². The fraction of sp³-hybridized carbons (Fsp3) is 0.222. The lowest BCUT2D eigenvalue weighted by molar-refractivity contribution is 0.0515. The minimum atomic E-state index is -0.464. The molecule has 0 fully saturated rings. The Morgan fingerprint density at radius 3 is 2.75 bits per heavy atom. The molecule has 0 atom stereocenters. The van der Waals surface area contributed by atoms with Gasteiger partial charge in [0.1, 0.15) is 11.5 Å². The van der Waals surface area contributed by atoms with Crippen molar-refractivity contribution >= 4 is 17.0 Å². The van der Waals surface area contributed by atoms with Crippen molar-refractivity contribution in [3.63, 3.8) is 0 Å². The summed E-state index contributed by atoms with van der Waals surface area (Å²) >= 11 is 0. The number of H-pyrrole nitrogens is 1. The van der Waals surface area contributed by atoms with Crippen LogP contribution in [-0.4, -0.2) is 22.1 Å². The van der Waals surface area contributed by atoms with Crippen molar-refractivity contribution in [1.29, 1.82) is 0 Å². The highest BCUT2D eigenvalue weighted by atomic mass is 19.1. The third-order valence-electron chi connectivity index (χ3n) is 3.84. The van der Waals surface area contributed by atoms with Gasteiger partial charge in [-0.25, -0.2) is 9.18 Å². The topological polar surface area (TPSA) is 64.1 Å². The van der Waals surface area contributed by atoms with E-state index < -0.39 is 5.97 Å². The fourth-order valence-electron chi connectivity index (χ4n) is 2.70. The van der Waals surface area contributed by atoms with Crippen LogP contribution in [-0.2, 0) is 11.3 Å². The molecule has 0 spiro atoms. The molecule has 124 valence electrons. The van der Waals surface area contributed by atoms with E-state index in [4.69, 9.17) is 4.74 Å². The smallest absolute Gasteiger partial charge is 0.355 e. The summed E-state index contributed by atoms with van der Waals surface area (Å²) < 4.78 is 20.3. The molecule has 2 aromatic heterocycles. The lowest BCUT2D eigenvalue weighted by Gasteiger charge is -2.11. The molecule has 0 unspecified atom stereocenters. The van der Waals surface area contributed by atoms with Crippen molar-refractivity contribution in [3.8, 4) is 0 Å². The summed E-state index contributed by atoms with van der Waals surface area (Å²) in [6.45, 7) is 4.05. The van der Waals surface area contributed by atoms with Crippen molar-refractivity contribution in [1.82, 2.24) is 9.55 Å². The molecule has 3 aromatic rings. The van der Waals surface area contributed by atoms with E-state index in [1.54, 1.807) is 42.7 Å². The van der Waals surface area contributed by atoms with Crippen molar-refractivity contribution < 1.29 is 13.9 Å². The van der Waals surface area contributed by atoms with Crippen LogP contribution in [0.1, 0.15) is 28.5 Å². The first-order chi connectivity index (χ1) is 11.5. The first-order valence-corrected chi connectivity index (χ1v) is 7.64. The molecule has 0 amide bonds. The maximum atomic E-state index is 13.5. The van der Waals surface area contributed by atoms with Crippen LogP contribution >= 0.6 is 0 Å². The number of ether oxygens (including phenoxy) is 1. The second-order valence-electron chi connectivity index (χ2n) is 5.54. The van der Waals surface area contributed by atoms with E-state index in [2.05, 4.69) is 4.98 Å². The number of esters is 1. The number of aromatic nitrogens is 2. The highest BCUT2D eigenvalue weighted by molar-refractivity contribution is 5.94. The third-order valence-corrected chi connectivity index (χ3v) is 3.84. The number of hydrogen-bond acceptors (Lipinski definition) is 3. The third kappa shape index (κ3) is 2.95. The summed E-state index contributed by atoms with van der Waals surface area (Å²) in [5, 5.41) is 0. The van der Waals surface area contributed by atoms with Gasteiger partial charge in [0.05, 0.1) is 17.6 Å². The van der Waals surface area contributed by atoms with E-state index in [0.29, 0.717) is 28.8 Å². The molecule has 0 saturated carbocycles. The average Bonchev–Trinajstić information content (AvgIpc) is 2.89. The standard InChI is InChI=1S/C18H17FN2O3/c1-3-24-18(23)16-9-14-15(6-7-17(22)20-14)21(16)10-12-4-5-13(19)11(2)8-12/h4-9H,3,10H2,1-2H3,(H,20,22). The number of benzene rings is 1. The molecule has 0 aliphatic heterocycles. The minimum Gasteiger partial charge on any atom is -0.461 e. The summed E-state index contributed by atoms with van der Waals surface area (Å²) in [6.07, 6.45) is 0. The van der Waals surface area contributed by atoms with Crippen molar-refractivity contribution in [2.75, 3.05) is 6.61 Å². The van der Waals surface area contributed by atoms with Crippen LogP contribution < -0.4 is 5.56 Å². The van der Waals surface area contributed by atoms with Crippen molar-refractivity contribution in [2.24, 2.45) is 0 Å². The molecular formula is C18H17FN2O3. The van der Waals surface area contributed by atoms with E-state index in [1.807, 2.05) is 0 Å². The van der Waals surface area contributed by atoms with Crippen LogP contribution in [0.3, 0.4) is 0 Å². The summed E-state index contributed by atoms with van der Waals surface area (Å²) in [5.41, 5.74) is 2.76. The molecular weight excluding hydrogens is 311 g/mol. The first kappa shape index (κ1) is 16.0. The monoisotopic (exact) mass is 328 g/mol. The van der Waals surface area contributed by atoms with Crippen LogP contribution in [0.25, 0.3) is 11.0 Å². The van der Waals surface area contributed by atoms with E-state index in [1.165, 1.54) is 12.1 Å². The average molecular weight is 328 g/mol. The minimum absolute atomic E-state index is 0.243. The molecule has 0 aliphatic carbocycles. The van der Waals surface area contributed by atoms with Crippen LogP contribution in [0.5, 0.6) is 0 Å². The summed E-state index contributed by atoms with van der Waals surface area (Å²) in [5.74, 6) is -0.737. The van der Waals surface area contributed by atoms with Crippen LogP contribution in [0, 0.1) is 12.7 Å². The Bertz CT molecular complexity index is 972. The SMILES string of the molecule is CCOC(=O)c1cc2[nH]c(=O)ccc2n1Cc1ccc(F)c(C)c1. The largest absolute Gasteiger partial charge is 0.461 e. The number of nitrogens with zero attached hydrogens (tertiary/aromatic N) is 1. The number of halogens is 1. The molecule has 1 N–H and O–H groups in total. The zero-order chi connectivity index (χ0) is 17.3. The number of hydrogen-bond donors (Lipinski definition) is 1. The predicted molar refractivity (Wildman–Crippen MR) is 88.8 cm³/mol. The molecule has 5 nitrogen and oxygen atoms in total. The highest BCUT2D eigenvalue weighted by Crippen LogP contribution is 2.20. The lowest BCUT2D eigenvalue weighted by atomic mass is 10.1. The van der Waals surface area contributed by atoms with Gasteiger partial charge in [-0.2, -0.15) is 0 Å². The molecule has 0 saturated heterocycles. The second-order valence-corrected chi connectivity index (χ2v) is 5.54. The van der Waals surface area contributed by atoms with Gasteiger partial charge in [0.25, 0.3) is 0 Å². The Morgan fingerprint density at radius 2 is 2.04 bits per heavy atom. The van der Waals surface area contributed by atoms with Crippen LogP contribution in [0.2, 0.25) is 0 Å². The maximum absolute atomic E-state index is 13.5. The van der Waals surface area contributed by atoms with Gasteiger partial charge in [-0.1, -0.05) is 12.1 Å². The van der Waals surface area contributed by atoms with Crippen molar-refractivity contribution in [2.45, 2.75) is 20.4 Å². The predicted octanol–water partition coefficient (Wildman–Crippen LogP) is 3.00. The molecule has 1 aromatic carbocycles. The number of aryl methyl sites for hydroxylation is 1. The Hall–Kier alpha value is -2.89. The molecule has 2 heterocycles. The van der Waals surface area contributed by atoms with E-state index >= 15 is 0 Å². The summed E-state index contributed by atoms with van der Waals surface area (Å²) in [6, 6.07) is 9.49. The van der Waals surface area contributed by atoms with Gasteiger partial charge in [-0.15, -0.1) is 0 Å². The summed E-state index contributed by atoms with van der Waals surface area (Å²) in [7, 11) is 0. The van der Waals surface area contributed by atoms with Gasteiger partial charge in [0, 0.05) is 12.6 Å². The number of carbonyl (C=O) groups excluding carboxylic acids is 1. The second kappa shape index (κ2) is 6.31. The lowest BCUT2D eigenvalue weighted by Crippen LogP contribution is -2.13. The Balaban J connectivity index is 2.12. The van der Waals surface area contributed by atoms with Crippen LogP contribution in [0.4, 0.5) is 4.39 Å². The molecule has 24 heavy (non-hydrogen) atoms. The van der Waals surface area contributed by atoms with E-state index in [9.17, 15) is 14.0 Å². The maximum Gasteiger partial charge on any atom is 0.355 e. The molecule has 0 aliphatic rings.